The Morgan fingerprint density at radius 3 is 2.82 bits per heavy atom. The first-order valence-corrected chi connectivity index (χ1v) is 9.41. The van der Waals surface area contributed by atoms with E-state index in [0.717, 1.165) is 30.6 Å². The van der Waals surface area contributed by atoms with E-state index in [4.69, 9.17) is 0 Å². The van der Waals surface area contributed by atoms with E-state index in [1.54, 1.807) is 6.92 Å². The van der Waals surface area contributed by atoms with Crippen LogP contribution in [0.25, 0.3) is 0 Å². The molecular formula is C15H28N11O2+. The van der Waals surface area contributed by atoms with Crippen LogP contribution in [0.4, 0.5) is 10.7 Å². The lowest BCUT2D eigenvalue weighted by atomic mass is 10.00. The third kappa shape index (κ3) is 5.07. The minimum absolute atomic E-state index is 0.0144. The summed E-state index contributed by atoms with van der Waals surface area (Å²) < 4.78 is 0. The van der Waals surface area contributed by atoms with Crippen molar-refractivity contribution in [3.05, 3.63) is 0 Å². The van der Waals surface area contributed by atoms with Gasteiger partial charge in [-0.1, -0.05) is 53.7 Å². The summed E-state index contributed by atoms with van der Waals surface area (Å²) in [5.74, 6) is 0.383. The Kier molecular flexibility index (Phi) is 7.95. The van der Waals surface area contributed by atoms with Gasteiger partial charge in [0.1, 0.15) is 6.21 Å². The zero-order valence-electron chi connectivity index (χ0n) is 16.4. The molecule has 0 radical (unpaired) electrons. The third-order valence-electron chi connectivity index (χ3n) is 4.34. The van der Waals surface area contributed by atoms with Gasteiger partial charge < -0.3 is 0 Å². The molecule has 1 aromatic rings. The molecule has 2 heterocycles. The number of anilines is 1. The number of carbonyl (C=O) groups excluding carboxylic acids is 2. The van der Waals surface area contributed by atoms with Gasteiger partial charge in [0, 0.05) is 6.54 Å². The largest absolute Gasteiger partial charge is 0.514 e. The molecule has 1 aliphatic heterocycles. The number of rotatable bonds is 11. The van der Waals surface area contributed by atoms with Gasteiger partial charge in [-0.05, 0) is 29.6 Å². The fourth-order valence-electron chi connectivity index (χ4n) is 2.67. The zero-order valence-corrected chi connectivity index (χ0v) is 16.4. The number of nitrogens with one attached hydrogen (secondary N) is 3. The molecule has 0 saturated carbocycles. The maximum Gasteiger partial charge on any atom is 0.514 e. The van der Waals surface area contributed by atoms with Crippen LogP contribution in [0.3, 0.4) is 0 Å². The van der Waals surface area contributed by atoms with Crippen molar-refractivity contribution in [1.29, 1.82) is 0 Å². The number of hydrogen-bond donors (Lipinski definition) is 3. The monoisotopic (exact) mass is 394 g/mol. The summed E-state index contributed by atoms with van der Waals surface area (Å²) in [5.41, 5.74) is 5.90. The van der Waals surface area contributed by atoms with Crippen molar-refractivity contribution < 1.29 is 14.4 Å². The average Bonchev–Trinajstić information content (AvgIpc) is 3.18. The summed E-state index contributed by atoms with van der Waals surface area (Å²) in [7, 11) is 0. The lowest BCUT2D eigenvalue weighted by Gasteiger charge is -2.31. The van der Waals surface area contributed by atoms with Gasteiger partial charge in [-0.3, -0.25) is 10.1 Å². The van der Waals surface area contributed by atoms with Crippen molar-refractivity contribution in [3.8, 4) is 0 Å². The lowest BCUT2D eigenvalue weighted by Crippen LogP contribution is -2.71. The van der Waals surface area contributed by atoms with Crippen LogP contribution < -0.4 is 21.3 Å². The first-order chi connectivity index (χ1) is 13.6. The Labute approximate surface area is 163 Å². The van der Waals surface area contributed by atoms with Gasteiger partial charge in [0.25, 0.3) is 5.95 Å². The SMILES string of the molecule is CCCCC(CC)CN[N+]1(C(=O)N(CC)n2nnc(NC=O)n2)N=CC=NN1. The third-order valence-corrected chi connectivity index (χ3v) is 4.34. The van der Waals surface area contributed by atoms with E-state index in [1.165, 1.54) is 17.4 Å². The molecular weight excluding hydrogens is 366 g/mol. The van der Waals surface area contributed by atoms with Crippen LogP contribution in [0.15, 0.2) is 10.2 Å². The van der Waals surface area contributed by atoms with E-state index in [0.29, 0.717) is 18.9 Å². The number of nitrogens with zero attached hydrogens (tertiary/aromatic N) is 8. The van der Waals surface area contributed by atoms with E-state index < -0.39 is 10.8 Å². The summed E-state index contributed by atoms with van der Waals surface area (Å²) >= 11 is 0. The van der Waals surface area contributed by atoms with E-state index in [1.807, 2.05) is 0 Å². The maximum atomic E-state index is 13.3. The molecule has 2 atom stereocenters. The molecule has 0 aliphatic carbocycles. The number of quaternary nitrogens is 1. The quantitative estimate of drug-likeness (QED) is 0.363. The van der Waals surface area contributed by atoms with Gasteiger partial charge in [-0.15, -0.1) is 10.5 Å². The highest BCUT2D eigenvalue weighted by molar-refractivity contribution is 6.16. The molecule has 28 heavy (non-hydrogen) atoms. The van der Waals surface area contributed by atoms with Crippen LogP contribution in [0.2, 0.25) is 0 Å². The van der Waals surface area contributed by atoms with Crippen molar-refractivity contribution in [2.45, 2.75) is 46.5 Å². The number of tetrazole rings is 1. The highest BCUT2D eigenvalue weighted by atomic mass is 16.3. The van der Waals surface area contributed by atoms with E-state index in [2.05, 4.69) is 55.7 Å². The second kappa shape index (κ2) is 10.4. The Morgan fingerprint density at radius 1 is 1.39 bits per heavy atom. The highest BCUT2D eigenvalue weighted by Crippen LogP contribution is 2.14. The van der Waals surface area contributed by atoms with Crippen molar-refractivity contribution in [3.63, 3.8) is 0 Å². The fourth-order valence-corrected chi connectivity index (χ4v) is 2.67. The Morgan fingerprint density at radius 2 is 2.21 bits per heavy atom. The number of hydrogen-bond acceptors (Lipinski definition) is 9. The van der Waals surface area contributed by atoms with E-state index in [9.17, 15) is 9.59 Å². The van der Waals surface area contributed by atoms with Crippen LogP contribution in [0.5, 0.6) is 0 Å². The average molecular weight is 394 g/mol. The standard InChI is InChI=1S/C15H27N11O2/c1-4-7-8-13(5-2)11-19-26(18-10-9-17-23-26)15(28)24(6-3)25-21-14(16-12-27)20-22-25/h9-10,12-13,19H,4-8,11H2,1-3H3,(H-,16,18,21,23,27)/p+1. The Hall–Kier alpha value is -2.93. The summed E-state index contributed by atoms with van der Waals surface area (Å²) in [4.78, 5) is 24.2. The van der Waals surface area contributed by atoms with Crippen LogP contribution in [-0.2, 0) is 4.79 Å². The topological polar surface area (TPSA) is 142 Å². The second-order valence-corrected chi connectivity index (χ2v) is 6.20. The first kappa shape index (κ1) is 21.4. The number of carbonyl (C=O) groups is 2. The minimum Gasteiger partial charge on any atom is -0.294 e. The molecule has 0 saturated heterocycles. The molecule has 0 spiro atoms. The number of urea groups is 1. The molecule has 0 fully saturated rings. The molecule has 0 bridgehead atoms. The molecule has 2 unspecified atom stereocenters. The molecule has 1 aliphatic rings. The van der Waals surface area contributed by atoms with Crippen LogP contribution in [0, 0.1) is 5.92 Å². The smallest absolute Gasteiger partial charge is 0.294 e. The van der Waals surface area contributed by atoms with Crippen molar-refractivity contribution in [2.24, 2.45) is 16.1 Å². The second-order valence-electron chi connectivity index (χ2n) is 6.20. The molecule has 13 nitrogen and oxygen atoms in total. The summed E-state index contributed by atoms with van der Waals surface area (Å²) in [6, 6.07) is -0.504. The molecule has 3 amide bonds. The van der Waals surface area contributed by atoms with Gasteiger partial charge in [-0.25, -0.2) is 0 Å². The van der Waals surface area contributed by atoms with E-state index in [-0.39, 0.29) is 12.5 Å². The number of aromatic nitrogens is 4. The normalized spacial score (nSPS) is 19.1. The minimum atomic E-state index is -0.662. The Bertz CT molecular complexity index is 704. The number of amides is 3. The van der Waals surface area contributed by atoms with Crippen LogP contribution >= 0.6 is 0 Å². The number of unbranched alkanes of at least 4 members (excludes halogenated alkanes) is 1. The van der Waals surface area contributed by atoms with Crippen molar-refractivity contribution in [2.75, 3.05) is 23.4 Å². The maximum absolute atomic E-state index is 13.3. The summed E-state index contributed by atoms with van der Waals surface area (Å²) in [6.45, 7) is 6.85. The van der Waals surface area contributed by atoms with Crippen LogP contribution in [0.1, 0.15) is 46.5 Å². The predicted octanol–water partition coefficient (Wildman–Crippen LogP) is 0.347. The van der Waals surface area contributed by atoms with E-state index >= 15 is 0 Å². The predicted molar refractivity (Wildman–Crippen MR) is 103 cm³/mol. The molecule has 2 rings (SSSR count). The fraction of sp³-hybridized carbons (Fsp3) is 0.667. The first-order valence-electron chi connectivity index (χ1n) is 9.41. The lowest BCUT2D eigenvalue weighted by molar-refractivity contribution is -0.944. The highest BCUT2D eigenvalue weighted by Gasteiger charge is 2.45. The molecule has 13 heteroatoms. The van der Waals surface area contributed by atoms with Gasteiger partial charge in [0.2, 0.25) is 6.41 Å². The summed E-state index contributed by atoms with van der Waals surface area (Å²) in [6.07, 6.45) is 7.61. The Balaban J connectivity index is 2.19. The molecule has 154 valence electrons. The van der Waals surface area contributed by atoms with Gasteiger partial charge in [0.05, 0.1) is 17.6 Å². The van der Waals surface area contributed by atoms with Crippen molar-refractivity contribution >= 4 is 30.8 Å². The summed E-state index contributed by atoms with van der Waals surface area (Å²) in [5, 5.41) is 23.2. The zero-order chi connectivity index (χ0) is 20.4. The molecule has 0 aromatic carbocycles. The van der Waals surface area contributed by atoms with Crippen LogP contribution in [-0.4, -0.2) is 63.1 Å². The number of hydrazone groups is 1. The molecule has 3 N–H and O–H groups in total. The van der Waals surface area contributed by atoms with Gasteiger partial charge in [-0.2, -0.15) is 9.80 Å². The molecule has 1 aromatic heterocycles. The van der Waals surface area contributed by atoms with Crippen molar-refractivity contribution in [1.82, 2.24) is 31.3 Å². The van der Waals surface area contributed by atoms with Gasteiger partial charge in [0.15, 0.2) is 0 Å². The van der Waals surface area contributed by atoms with Gasteiger partial charge >= 0.3 is 6.03 Å².